The van der Waals surface area contributed by atoms with Gasteiger partial charge in [-0.15, -0.1) is 0 Å². The second-order valence-electron chi connectivity index (χ2n) is 6.67. The molecule has 2 saturated heterocycles. The normalized spacial score (nSPS) is 41.8. The maximum atomic E-state index is 9.44. The van der Waals surface area contributed by atoms with Gasteiger partial charge in [0.15, 0.2) is 12.6 Å². The topological polar surface area (TPSA) is 239 Å². The van der Waals surface area contributed by atoms with Gasteiger partial charge in [0.05, 0.1) is 39.6 Å². The fraction of sp³-hybridized carbons (Fsp3) is 1.00. The molecule has 2 fully saturated rings. The molecular weight excluding hydrogens is 416 g/mol. The number of hydrogen-bond donors (Lipinski definition) is 10. The van der Waals surface area contributed by atoms with Crippen LogP contribution in [0.4, 0.5) is 0 Å². The first-order chi connectivity index (χ1) is 14.1. The molecule has 30 heavy (non-hydrogen) atoms. The zero-order valence-electron chi connectivity index (χ0n) is 16.1. The molecule has 0 unspecified atom stereocenters. The molecule has 2 rings (SSSR count). The predicted molar refractivity (Wildman–Crippen MR) is 93.6 cm³/mol. The maximum Gasteiger partial charge on any atom is 0.184 e. The summed E-state index contributed by atoms with van der Waals surface area (Å²) in [5.74, 6) is 0. The number of rotatable bonds is 8. The van der Waals surface area contributed by atoms with Gasteiger partial charge in [0.25, 0.3) is 0 Å². The van der Waals surface area contributed by atoms with Crippen molar-refractivity contribution in [3.8, 4) is 0 Å². The average molecular weight is 448 g/mol. The quantitative estimate of drug-likeness (QED) is 0.155. The summed E-state index contributed by atoms with van der Waals surface area (Å²) in [6.07, 6.45) is -13.6. The summed E-state index contributed by atoms with van der Waals surface area (Å²) in [4.78, 5) is 0. The van der Waals surface area contributed by atoms with Crippen molar-refractivity contribution in [3.63, 3.8) is 0 Å². The summed E-state index contributed by atoms with van der Waals surface area (Å²) in [5, 5.41) is 90.9. The summed E-state index contributed by atoms with van der Waals surface area (Å²) in [6, 6.07) is 0. The van der Waals surface area contributed by atoms with E-state index >= 15 is 0 Å². The van der Waals surface area contributed by atoms with Gasteiger partial charge >= 0.3 is 0 Å². The molecule has 2 aliphatic rings. The molecular formula is C16H32O14. The zero-order valence-corrected chi connectivity index (χ0v) is 16.1. The first-order valence-electron chi connectivity index (χ1n) is 9.28. The van der Waals surface area contributed by atoms with Crippen LogP contribution in [-0.2, 0) is 18.9 Å². The van der Waals surface area contributed by atoms with Gasteiger partial charge in [0, 0.05) is 0 Å². The van der Waals surface area contributed by atoms with E-state index in [1.165, 1.54) is 0 Å². The van der Waals surface area contributed by atoms with Gasteiger partial charge in [-0.05, 0) is 0 Å². The molecule has 0 spiro atoms. The summed E-state index contributed by atoms with van der Waals surface area (Å²) in [7, 11) is 0. The van der Waals surface area contributed by atoms with Gasteiger partial charge in [-0.3, -0.25) is 0 Å². The Morgan fingerprint density at radius 1 is 0.500 bits per heavy atom. The maximum absolute atomic E-state index is 9.44. The van der Waals surface area contributed by atoms with Crippen LogP contribution < -0.4 is 0 Å². The third-order valence-electron chi connectivity index (χ3n) is 4.41. The Bertz CT molecular complexity index is 416. The lowest BCUT2D eigenvalue weighted by Gasteiger charge is -2.38. The fourth-order valence-corrected chi connectivity index (χ4v) is 2.67. The van der Waals surface area contributed by atoms with Crippen LogP contribution in [0.1, 0.15) is 0 Å². The van der Waals surface area contributed by atoms with Crippen molar-refractivity contribution in [1.82, 2.24) is 0 Å². The predicted octanol–water partition coefficient (Wildman–Crippen LogP) is -6.41. The van der Waals surface area contributed by atoms with E-state index in [2.05, 4.69) is 0 Å². The Labute approximate surface area is 172 Å². The van der Waals surface area contributed by atoms with Gasteiger partial charge in [0.1, 0.15) is 48.8 Å². The molecule has 2 aliphatic heterocycles. The molecule has 0 radical (unpaired) electrons. The highest BCUT2D eigenvalue weighted by atomic mass is 16.7. The molecule has 0 saturated carbocycles. The number of aliphatic hydroxyl groups excluding tert-OH is 10. The highest BCUT2D eigenvalue weighted by Crippen LogP contribution is 2.20. The van der Waals surface area contributed by atoms with E-state index in [1.54, 1.807) is 0 Å². The molecule has 0 amide bonds. The summed E-state index contributed by atoms with van der Waals surface area (Å²) in [6.45, 7) is -0.360. The van der Waals surface area contributed by atoms with Crippen molar-refractivity contribution in [2.24, 2.45) is 0 Å². The van der Waals surface area contributed by atoms with E-state index < -0.39 is 61.4 Å². The molecule has 0 aromatic rings. The van der Waals surface area contributed by atoms with Gasteiger partial charge in [-0.1, -0.05) is 0 Å². The van der Waals surface area contributed by atoms with Crippen LogP contribution >= 0.6 is 0 Å². The average Bonchev–Trinajstić information content (AvgIpc) is 2.73. The molecule has 14 nitrogen and oxygen atoms in total. The van der Waals surface area contributed by atoms with Crippen molar-refractivity contribution in [2.75, 3.05) is 39.6 Å². The SMILES string of the molecule is OCCOC[C@H]1O[C@@H](O)[C@H](O)[C@@H](O)[C@@H]1O.OCCOC[C@H]1O[C@H](O)[C@H](O)[C@@H](O)[C@@H]1O. The minimum absolute atomic E-state index is 0.0708. The fourth-order valence-electron chi connectivity index (χ4n) is 2.67. The van der Waals surface area contributed by atoms with Crippen LogP contribution in [0.25, 0.3) is 0 Å². The lowest BCUT2D eigenvalue weighted by Crippen LogP contribution is -2.58. The van der Waals surface area contributed by atoms with Gasteiger partial charge in [0.2, 0.25) is 0 Å². The van der Waals surface area contributed by atoms with E-state index in [0.717, 1.165) is 0 Å². The van der Waals surface area contributed by atoms with E-state index in [-0.39, 0.29) is 39.6 Å². The first kappa shape index (κ1) is 27.5. The standard InChI is InChI=1S/2C8H16O7/c2*9-1-2-14-3-4-5(10)6(11)7(12)8(13)15-4/h2*4-13H,1-3H2/t4-,5-,6+,7-,8+;4-,5-,6+,7-,8-/m11/s1. The van der Waals surface area contributed by atoms with Crippen molar-refractivity contribution < 1.29 is 70.0 Å². The smallest absolute Gasteiger partial charge is 0.184 e. The van der Waals surface area contributed by atoms with Crippen LogP contribution in [0.15, 0.2) is 0 Å². The highest BCUT2D eigenvalue weighted by molar-refractivity contribution is 4.89. The van der Waals surface area contributed by atoms with E-state index in [1.807, 2.05) is 0 Å². The van der Waals surface area contributed by atoms with Crippen LogP contribution in [0, 0.1) is 0 Å². The number of ether oxygens (including phenoxy) is 4. The molecule has 180 valence electrons. The Balaban J connectivity index is 0.000000300. The Hall–Kier alpha value is -0.560. The van der Waals surface area contributed by atoms with Crippen molar-refractivity contribution in [1.29, 1.82) is 0 Å². The summed E-state index contributed by atoms with van der Waals surface area (Å²) >= 11 is 0. The van der Waals surface area contributed by atoms with Crippen LogP contribution in [0.3, 0.4) is 0 Å². The molecule has 0 bridgehead atoms. The molecule has 10 N–H and O–H groups in total. The Morgan fingerprint density at radius 2 is 0.833 bits per heavy atom. The highest BCUT2D eigenvalue weighted by Gasteiger charge is 2.43. The lowest BCUT2D eigenvalue weighted by molar-refractivity contribution is -0.288. The van der Waals surface area contributed by atoms with Crippen LogP contribution in [0.5, 0.6) is 0 Å². The molecule has 2 heterocycles. The van der Waals surface area contributed by atoms with Crippen molar-refractivity contribution in [2.45, 2.75) is 61.4 Å². The van der Waals surface area contributed by atoms with Crippen LogP contribution in [-0.4, -0.2) is 152 Å². The minimum Gasteiger partial charge on any atom is -0.394 e. The van der Waals surface area contributed by atoms with Gasteiger partial charge in [-0.2, -0.15) is 0 Å². The largest absolute Gasteiger partial charge is 0.394 e. The van der Waals surface area contributed by atoms with E-state index in [4.69, 9.17) is 49.6 Å². The van der Waals surface area contributed by atoms with Gasteiger partial charge < -0.3 is 70.0 Å². The van der Waals surface area contributed by atoms with Crippen molar-refractivity contribution in [3.05, 3.63) is 0 Å². The monoisotopic (exact) mass is 448 g/mol. The molecule has 0 aromatic carbocycles. The lowest BCUT2D eigenvalue weighted by atomic mass is 9.99. The third-order valence-corrected chi connectivity index (χ3v) is 4.41. The summed E-state index contributed by atoms with van der Waals surface area (Å²) < 4.78 is 19.4. The zero-order chi connectivity index (χ0) is 22.8. The van der Waals surface area contributed by atoms with Crippen molar-refractivity contribution >= 4 is 0 Å². The summed E-state index contributed by atoms with van der Waals surface area (Å²) in [5.41, 5.74) is 0. The van der Waals surface area contributed by atoms with Gasteiger partial charge in [-0.25, -0.2) is 0 Å². The second kappa shape index (κ2) is 13.8. The number of aliphatic hydroxyl groups is 10. The first-order valence-corrected chi connectivity index (χ1v) is 9.28. The third kappa shape index (κ3) is 7.85. The van der Waals surface area contributed by atoms with Crippen LogP contribution in [0.2, 0.25) is 0 Å². The Kier molecular flexibility index (Phi) is 12.6. The molecule has 0 aliphatic carbocycles. The number of hydrogen-bond acceptors (Lipinski definition) is 14. The van der Waals surface area contributed by atoms with E-state index in [0.29, 0.717) is 0 Å². The second-order valence-corrected chi connectivity index (χ2v) is 6.67. The molecule has 14 heteroatoms. The molecule has 0 aromatic heterocycles. The minimum atomic E-state index is -1.55. The Morgan fingerprint density at radius 3 is 1.13 bits per heavy atom. The molecule has 10 atom stereocenters. The van der Waals surface area contributed by atoms with E-state index in [9.17, 15) is 20.4 Å².